The standard InChI is InChI=1S/C17H15Cl2NS/c1-2-20-17(13-10-12(18)7-8-14(13)19)16-9-11-5-3-4-6-15(11)21-16/h3-10,17,20H,2H2,1H3. The molecule has 1 unspecified atom stereocenters. The first kappa shape index (κ1) is 14.9. The van der Waals surface area contributed by atoms with E-state index in [1.807, 2.05) is 18.2 Å². The Kier molecular flexibility index (Phi) is 4.51. The molecule has 3 aromatic rings. The Hall–Kier alpha value is -1.06. The molecule has 0 fully saturated rings. The van der Waals surface area contributed by atoms with Gasteiger partial charge in [0, 0.05) is 19.6 Å². The lowest BCUT2D eigenvalue weighted by Gasteiger charge is -2.18. The summed E-state index contributed by atoms with van der Waals surface area (Å²) >= 11 is 14.3. The van der Waals surface area contributed by atoms with E-state index in [1.165, 1.54) is 15.0 Å². The van der Waals surface area contributed by atoms with Gasteiger partial charge in [-0.25, -0.2) is 0 Å². The van der Waals surface area contributed by atoms with Gasteiger partial charge in [0.15, 0.2) is 0 Å². The highest BCUT2D eigenvalue weighted by molar-refractivity contribution is 7.19. The third-order valence-corrected chi connectivity index (χ3v) is 5.17. The largest absolute Gasteiger partial charge is 0.306 e. The first-order valence-electron chi connectivity index (χ1n) is 6.86. The molecule has 0 amide bonds. The SMILES string of the molecule is CCNC(c1cc2ccccc2s1)c1cc(Cl)ccc1Cl. The Labute approximate surface area is 138 Å². The van der Waals surface area contributed by atoms with Crippen LogP contribution in [0.25, 0.3) is 10.1 Å². The summed E-state index contributed by atoms with van der Waals surface area (Å²) in [5.74, 6) is 0. The number of fused-ring (bicyclic) bond motifs is 1. The van der Waals surface area contributed by atoms with Crippen LogP contribution in [0.4, 0.5) is 0 Å². The van der Waals surface area contributed by atoms with E-state index < -0.39 is 0 Å². The van der Waals surface area contributed by atoms with Gasteiger partial charge in [0.1, 0.15) is 0 Å². The van der Waals surface area contributed by atoms with E-state index in [2.05, 4.69) is 42.6 Å². The zero-order valence-corrected chi connectivity index (χ0v) is 13.9. The highest BCUT2D eigenvalue weighted by Crippen LogP contribution is 2.36. The van der Waals surface area contributed by atoms with E-state index >= 15 is 0 Å². The second kappa shape index (κ2) is 6.37. The predicted octanol–water partition coefficient (Wildman–Crippen LogP) is 5.91. The first-order chi connectivity index (χ1) is 10.2. The molecule has 0 aliphatic rings. The van der Waals surface area contributed by atoms with Gasteiger partial charge >= 0.3 is 0 Å². The van der Waals surface area contributed by atoms with Gasteiger partial charge in [-0.2, -0.15) is 0 Å². The van der Waals surface area contributed by atoms with E-state index in [9.17, 15) is 0 Å². The molecule has 108 valence electrons. The Bertz CT molecular complexity index is 733. The number of hydrogen-bond acceptors (Lipinski definition) is 2. The van der Waals surface area contributed by atoms with Crippen LogP contribution in [0.2, 0.25) is 10.0 Å². The number of thiophene rings is 1. The van der Waals surface area contributed by atoms with Gasteiger partial charge in [0.25, 0.3) is 0 Å². The molecular formula is C17H15Cl2NS. The van der Waals surface area contributed by atoms with E-state index in [-0.39, 0.29) is 6.04 Å². The molecule has 0 spiro atoms. The molecule has 1 atom stereocenters. The molecule has 4 heteroatoms. The number of hydrogen-bond donors (Lipinski definition) is 1. The van der Waals surface area contributed by atoms with Crippen molar-refractivity contribution in [1.29, 1.82) is 0 Å². The van der Waals surface area contributed by atoms with Crippen molar-refractivity contribution in [1.82, 2.24) is 5.32 Å². The average molecular weight is 336 g/mol. The van der Waals surface area contributed by atoms with E-state index in [0.29, 0.717) is 5.02 Å². The van der Waals surface area contributed by atoms with Crippen molar-refractivity contribution in [2.45, 2.75) is 13.0 Å². The summed E-state index contributed by atoms with van der Waals surface area (Å²) in [6.45, 7) is 2.96. The molecule has 21 heavy (non-hydrogen) atoms. The van der Waals surface area contributed by atoms with Gasteiger partial charge in [-0.15, -0.1) is 11.3 Å². The summed E-state index contributed by atoms with van der Waals surface area (Å²) in [7, 11) is 0. The molecule has 3 rings (SSSR count). The van der Waals surface area contributed by atoms with E-state index in [1.54, 1.807) is 11.3 Å². The second-order valence-corrected chi connectivity index (χ2v) is 6.80. The minimum absolute atomic E-state index is 0.0681. The van der Waals surface area contributed by atoms with Crippen LogP contribution in [0.3, 0.4) is 0 Å². The second-order valence-electron chi connectivity index (χ2n) is 4.84. The third kappa shape index (κ3) is 3.09. The van der Waals surface area contributed by atoms with Gasteiger partial charge in [-0.05, 0) is 47.8 Å². The zero-order valence-electron chi connectivity index (χ0n) is 11.6. The summed E-state index contributed by atoms with van der Waals surface area (Å²) in [5, 5.41) is 6.22. The maximum absolute atomic E-state index is 6.38. The lowest BCUT2D eigenvalue weighted by molar-refractivity contribution is 0.640. The van der Waals surface area contributed by atoms with Crippen molar-refractivity contribution in [3.8, 4) is 0 Å². The Morgan fingerprint density at radius 1 is 1.10 bits per heavy atom. The average Bonchev–Trinajstić information content (AvgIpc) is 2.91. The van der Waals surface area contributed by atoms with E-state index in [4.69, 9.17) is 23.2 Å². The van der Waals surface area contributed by atoms with Crippen molar-refractivity contribution in [2.24, 2.45) is 0 Å². The summed E-state index contributed by atoms with van der Waals surface area (Å²) in [4.78, 5) is 1.25. The molecule has 2 aromatic carbocycles. The molecule has 0 aliphatic heterocycles. The number of rotatable bonds is 4. The van der Waals surface area contributed by atoms with Crippen LogP contribution in [0.1, 0.15) is 23.4 Å². The fourth-order valence-corrected chi connectivity index (χ4v) is 4.02. The lowest BCUT2D eigenvalue weighted by atomic mass is 10.0. The normalized spacial score (nSPS) is 12.7. The van der Waals surface area contributed by atoms with Crippen LogP contribution in [0.5, 0.6) is 0 Å². The molecule has 0 saturated heterocycles. The van der Waals surface area contributed by atoms with E-state index in [0.717, 1.165) is 17.1 Å². The van der Waals surface area contributed by atoms with Crippen LogP contribution in [0.15, 0.2) is 48.5 Å². The molecule has 1 heterocycles. The van der Waals surface area contributed by atoms with Crippen LogP contribution in [-0.2, 0) is 0 Å². The van der Waals surface area contributed by atoms with Crippen LogP contribution in [0, 0.1) is 0 Å². The minimum Gasteiger partial charge on any atom is -0.306 e. The maximum atomic E-state index is 6.38. The summed E-state index contributed by atoms with van der Waals surface area (Å²) in [6, 6.07) is 16.3. The summed E-state index contributed by atoms with van der Waals surface area (Å²) in [5.41, 5.74) is 1.03. The molecular weight excluding hydrogens is 321 g/mol. The quantitative estimate of drug-likeness (QED) is 0.625. The predicted molar refractivity (Wildman–Crippen MR) is 93.8 cm³/mol. The minimum atomic E-state index is 0.0681. The monoisotopic (exact) mass is 335 g/mol. The van der Waals surface area contributed by atoms with Crippen molar-refractivity contribution in [2.75, 3.05) is 6.54 Å². The Morgan fingerprint density at radius 2 is 1.90 bits per heavy atom. The molecule has 0 bridgehead atoms. The van der Waals surface area contributed by atoms with Gasteiger partial charge < -0.3 is 5.32 Å². The third-order valence-electron chi connectivity index (χ3n) is 3.41. The number of nitrogens with one attached hydrogen (secondary N) is 1. The molecule has 1 N–H and O–H groups in total. The van der Waals surface area contributed by atoms with Gasteiger partial charge in [-0.1, -0.05) is 48.3 Å². The van der Waals surface area contributed by atoms with Gasteiger partial charge in [0.2, 0.25) is 0 Å². The van der Waals surface area contributed by atoms with Crippen LogP contribution in [-0.4, -0.2) is 6.54 Å². The fraction of sp³-hybridized carbons (Fsp3) is 0.176. The highest BCUT2D eigenvalue weighted by atomic mass is 35.5. The van der Waals surface area contributed by atoms with Crippen LogP contribution < -0.4 is 5.32 Å². The zero-order chi connectivity index (χ0) is 14.8. The van der Waals surface area contributed by atoms with Crippen LogP contribution >= 0.6 is 34.5 Å². The van der Waals surface area contributed by atoms with Gasteiger partial charge in [0.05, 0.1) is 6.04 Å². The molecule has 0 aliphatic carbocycles. The van der Waals surface area contributed by atoms with Gasteiger partial charge in [-0.3, -0.25) is 0 Å². The fourth-order valence-electron chi connectivity index (χ4n) is 2.45. The molecule has 1 nitrogen and oxygen atoms in total. The topological polar surface area (TPSA) is 12.0 Å². The molecule has 0 saturated carbocycles. The maximum Gasteiger partial charge on any atom is 0.0686 e. The lowest BCUT2D eigenvalue weighted by Crippen LogP contribution is -2.21. The number of benzene rings is 2. The summed E-state index contributed by atoms with van der Waals surface area (Å²) in [6.07, 6.45) is 0. The summed E-state index contributed by atoms with van der Waals surface area (Å²) < 4.78 is 1.29. The Balaban J connectivity index is 2.10. The Morgan fingerprint density at radius 3 is 2.67 bits per heavy atom. The van der Waals surface area contributed by atoms with Crippen molar-refractivity contribution in [3.05, 3.63) is 69.0 Å². The van der Waals surface area contributed by atoms with Crippen molar-refractivity contribution in [3.63, 3.8) is 0 Å². The highest BCUT2D eigenvalue weighted by Gasteiger charge is 2.18. The number of halogens is 2. The smallest absolute Gasteiger partial charge is 0.0686 e. The molecule has 1 aromatic heterocycles. The van der Waals surface area contributed by atoms with Crippen molar-refractivity contribution < 1.29 is 0 Å². The van der Waals surface area contributed by atoms with Crippen molar-refractivity contribution >= 4 is 44.6 Å². The first-order valence-corrected chi connectivity index (χ1v) is 8.43. The molecule has 0 radical (unpaired) electrons.